The van der Waals surface area contributed by atoms with E-state index in [1.807, 2.05) is 17.7 Å². The van der Waals surface area contributed by atoms with Crippen molar-refractivity contribution in [1.29, 1.82) is 0 Å². The van der Waals surface area contributed by atoms with Crippen molar-refractivity contribution in [1.82, 2.24) is 4.57 Å². The molecule has 1 aromatic carbocycles. The normalized spacial score (nSPS) is 16.2. The number of hydrogen-bond acceptors (Lipinski definition) is 3. The van der Waals surface area contributed by atoms with Gasteiger partial charge in [-0.15, -0.1) is 0 Å². The molecule has 0 spiro atoms. The van der Waals surface area contributed by atoms with E-state index in [9.17, 15) is 18.3 Å². The zero-order valence-corrected chi connectivity index (χ0v) is 12.4. The van der Waals surface area contributed by atoms with Crippen LogP contribution in [0.5, 0.6) is 0 Å². The number of hydrogen-bond donors (Lipinski definition) is 1. The maximum Gasteiger partial charge on any atom is 0.335 e. The predicted molar refractivity (Wildman–Crippen MR) is 80.9 cm³/mol. The van der Waals surface area contributed by atoms with Crippen LogP contribution in [0.1, 0.15) is 22.8 Å². The van der Waals surface area contributed by atoms with Crippen molar-refractivity contribution < 1.29 is 18.3 Å². The van der Waals surface area contributed by atoms with Crippen molar-refractivity contribution >= 4 is 38.7 Å². The van der Waals surface area contributed by atoms with E-state index in [4.69, 9.17) is 0 Å². The van der Waals surface area contributed by atoms with Crippen molar-refractivity contribution in [2.45, 2.75) is 13.5 Å². The molecule has 1 aliphatic heterocycles. The Morgan fingerprint density at radius 3 is 2.67 bits per heavy atom. The molecule has 21 heavy (non-hydrogen) atoms. The van der Waals surface area contributed by atoms with Crippen molar-refractivity contribution in [3.8, 4) is 0 Å². The van der Waals surface area contributed by atoms with Crippen LogP contribution in [0.15, 0.2) is 23.7 Å². The van der Waals surface area contributed by atoms with Crippen LogP contribution in [0.4, 0.5) is 5.69 Å². The van der Waals surface area contributed by atoms with Gasteiger partial charge in [0.05, 0.1) is 22.2 Å². The molecular weight excluding hydrogens is 292 g/mol. The van der Waals surface area contributed by atoms with Crippen molar-refractivity contribution in [2.75, 3.05) is 11.4 Å². The molecule has 0 amide bonds. The molecule has 7 heteroatoms. The van der Waals surface area contributed by atoms with E-state index in [-0.39, 0.29) is 5.56 Å². The van der Waals surface area contributed by atoms with Crippen LogP contribution < -0.4 is 4.31 Å². The summed E-state index contributed by atoms with van der Waals surface area (Å²) in [6.45, 7) is 2.62. The molecule has 2 heterocycles. The highest BCUT2D eigenvalue weighted by molar-refractivity contribution is 7.95. The van der Waals surface area contributed by atoms with Gasteiger partial charge < -0.3 is 9.67 Å². The first-order chi connectivity index (χ1) is 9.85. The molecule has 0 saturated carbocycles. The lowest BCUT2D eigenvalue weighted by Gasteiger charge is -2.18. The molecule has 0 fully saturated rings. The third kappa shape index (κ3) is 1.92. The van der Waals surface area contributed by atoms with Gasteiger partial charge >= 0.3 is 5.97 Å². The number of aromatic nitrogens is 1. The minimum absolute atomic E-state index is 0.0702. The Labute approximate surface area is 122 Å². The lowest BCUT2D eigenvalue weighted by atomic mass is 10.1. The van der Waals surface area contributed by atoms with Crippen LogP contribution >= 0.6 is 0 Å². The van der Waals surface area contributed by atoms with Gasteiger partial charge in [0.1, 0.15) is 0 Å². The van der Waals surface area contributed by atoms with Gasteiger partial charge in [0.25, 0.3) is 10.0 Å². The first-order valence-corrected chi connectivity index (χ1v) is 7.92. The highest BCUT2D eigenvalue weighted by atomic mass is 32.2. The molecule has 3 rings (SSSR count). The standard InChI is InChI=1S/C14H14N2O4S/c1-3-16-8-9-4-5-21(19,20)15(2)11-6-10(14(17)18)7-12(16)13(9)11/h4-8H,3H2,1-2H3,(H,17,18). The van der Waals surface area contributed by atoms with Crippen LogP contribution in [-0.4, -0.2) is 31.1 Å². The molecule has 0 saturated heterocycles. The van der Waals surface area contributed by atoms with Crippen LogP contribution in [0.3, 0.4) is 0 Å². The zero-order chi connectivity index (χ0) is 15.4. The SMILES string of the molecule is CCn1cc2c3c(cc(C(=O)O)cc31)N(C)S(=O)(=O)C=C2. The van der Waals surface area contributed by atoms with E-state index < -0.39 is 16.0 Å². The summed E-state index contributed by atoms with van der Waals surface area (Å²) >= 11 is 0. The number of aryl methyl sites for hydroxylation is 1. The fourth-order valence-corrected chi connectivity index (χ4v) is 3.50. The van der Waals surface area contributed by atoms with Gasteiger partial charge in [-0.2, -0.15) is 0 Å². The van der Waals surface area contributed by atoms with Crippen molar-refractivity contribution in [3.63, 3.8) is 0 Å². The second-order valence-electron chi connectivity index (χ2n) is 4.88. The number of anilines is 1. The quantitative estimate of drug-likeness (QED) is 0.921. The van der Waals surface area contributed by atoms with E-state index >= 15 is 0 Å². The minimum atomic E-state index is -3.59. The first-order valence-electron chi connectivity index (χ1n) is 6.42. The number of carbonyl (C=O) groups is 1. The molecule has 6 nitrogen and oxygen atoms in total. The lowest BCUT2D eigenvalue weighted by Crippen LogP contribution is -2.24. The summed E-state index contributed by atoms with van der Waals surface area (Å²) in [6, 6.07) is 2.98. The smallest absolute Gasteiger partial charge is 0.335 e. The summed E-state index contributed by atoms with van der Waals surface area (Å²) in [5.41, 5.74) is 1.95. The number of rotatable bonds is 2. The van der Waals surface area contributed by atoms with Gasteiger partial charge in [-0.1, -0.05) is 0 Å². The number of nitrogens with zero attached hydrogens (tertiary/aromatic N) is 2. The number of aromatic carboxylic acids is 1. The van der Waals surface area contributed by atoms with Gasteiger partial charge in [-0.05, 0) is 25.1 Å². The maximum atomic E-state index is 12.1. The highest BCUT2D eigenvalue weighted by Gasteiger charge is 2.25. The van der Waals surface area contributed by atoms with Crippen molar-refractivity contribution in [3.05, 3.63) is 34.9 Å². The molecule has 1 aromatic heterocycles. The molecule has 0 radical (unpaired) electrons. The van der Waals surface area contributed by atoms with Crippen molar-refractivity contribution in [2.24, 2.45) is 0 Å². The monoisotopic (exact) mass is 306 g/mol. The minimum Gasteiger partial charge on any atom is -0.478 e. The second-order valence-corrected chi connectivity index (χ2v) is 6.73. The Bertz CT molecular complexity index is 893. The maximum absolute atomic E-state index is 12.1. The molecule has 110 valence electrons. The van der Waals surface area contributed by atoms with E-state index in [0.29, 0.717) is 12.2 Å². The topological polar surface area (TPSA) is 79.6 Å². The molecule has 2 aromatic rings. The summed E-state index contributed by atoms with van der Waals surface area (Å²) in [5, 5.41) is 11.1. The van der Waals surface area contributed by atoms with Gasteiger partial charge in [0, 0.05) is 30.7 Å². The highest BCUT2D eigenvalue weighted by Crippen LogP contribution is 2.37. The number of carboxylic acids is 1. The fourth-order valence-electron chi connectivity index (χ4n) is 2.58. The Balaban J connectivity index is 2.49. The lowest BCUT2D eigenvalue weighted by molar-refractivity contribution is 0.0697. The summed E-state index contributed by atoms with van der Waals surface area (Å²) in [4.78, 5) is 11.3. The van der Waals surface area contributed by atoms with Crippen LogP contribution in [-0.2, 0) is 16.6 Å². The largest absolute Gasteiger partial charge is 0.478 e. The molecule has 1 aliphatic rings. The third-order valence-electron chi connectivity index (χ3n) is 3.72. The summed E-state index contributed by atoms with van der Waals surface area (Å²) in [6.07, 6.45) is 3.39. The Morgan fingerprint density at radius 2 is 2.05 bits per heavy atom. The van der Waals surface area contributed by atoms with E-state index in [1.165, 1.54) is 13.1 Å². The molecule has 1 N–H and O–H groups in total. The average molecular weight is 306 g/mol. The number of benzene rings is 1. The van der Waals surface area contributed by atoms with E-state index in [2.05, 4.69) is 0 Å². The average Bonchev–Trinajstić information content (AvgIpc) is 2.77. The van der Waals surface area contributed by atoms with Gasteiger partial charge in [-0.3, -0.25) is 4.31 Å². The Kier molecular flexibility index (Phi) is 2.84. The van der Waals surface area contributed by atoms with E-state index in [1.54, 1.807) is 12.1 Å². The third-order valence-corrected chi connectivity index (χ3v) is 5.16. The first kappa shape index (κ1) is 13.7. The summed E-state index contributed by atoms with van der Waals surface area (Å²) in [5.74, 6) is -1.08. The summed E-state index contributed by atoms with van der Waals surface area (Å²) in [7, 11) is -2.16. The van der Waals surface area contributed by atoms with Gasteiger partial charge in [0.15, 0.2) is 0 Å². The molecular formula is C14H14N2O4S. The molecule has 0 unspecified atom stereocenters. The molecule has 0 aliphatic carbocycles. The van der Waals surface area contributed by atoms with Crippen LogP contribution in [0.2, 0.25) is 0 Å². The van der Waals surface area contributed by atoms with E-state index in [0.717, 1.165) is 26.2 Å². The van der Waals surface area contributed by atoms with Gasteiger partial charge in [0.2, 0.25) is 0 Å². The fraction of sp³-hybridized carbons (Fsp3) is 0.214. The van der Waals surface area contributed by atoms with Crippen LogP contribution in [0.25, 0.3) is 17.0 Å². The predicted octanol–water partition coefficient (Wildman–Crippen LogP) is 2.11. The number of sulfonamides is 1. The Hall–Kier alpha value is -2.28. The van der Waals surface area contributed by atoms with Gasteiger partial charge in [-0.25, -0.2) is 13.2 Å². The Morgan fingerprint density at radius 1 is 1.33 bits per heavy atom. The molecule has 0 bridgehead atoms. The summed E-state index contributed by atoms with van der Waals surface area (Å²) < 4.78 is 27.3. The number of carboxylic acid groups (broad SMARTS) is 1. The zero-order valence-electron chi connectivity index (χ0n) is 11.6. The molecule has 0 atom stereocenters. The second kappa shape index (κ2) is 4.36. The van der Waals surface area contributed by atoms with Crippen LogP contribution in [0, 0.1) is 0 Å².